The van der Waals surface area contributed by atoms with Gasteiger partial charge >= 0.3 is 0 Å². The van der Waals surface area contributed by atoms with Crippen molar-refractivity contribution in [2.45, 2.75) is 33.9 Å². The molecule has 0 saturated carbocycles. The Labute approximate surface area is 186 Å². The monoisotopic (exact) mass is 443 g/mol. The molecule has 164 valence electrons. The smallest absolute Gasteiger partial charge is 0.277 e. The molecule has 3 aromatic rings. The van der Waals surface area contributed by atoms with Crippen molar-refractivity contribution in [1.29, 1.82) is 0 Å². The Kier molecular flexibility index (Phi) is 7.78. The number of nitrogens with one attached hydrogen (secondary N) is 1. The highest BCUT2D eigenvalue weighted by Crippen LogP contribution is 2.29. The van der Waals surface area contributed by atoms with Crippen LogP contribution in [-0.4, -0.2) is 28.9 Å². The van der Waals surface area contributed by atoms with Gasteiger partial charge < -0.3 is 19.5 Å². The Morgan fingerprint density at radius 1 is 1.00 bits per heavy atom. The van der Waals surface area contributed by atoms with Crippen molar-refractivity contribution in [3.05, 3.63) is 64.9 Å². The third-order valence-electron chi connectivity index (χ3n) is 4.38. The fraction of sp³-hybridized carbons (Fsp3) is 0.304. The number of carbonyl (C=O) groups is 1. The van der Waals surface area contributed by atoms with Gasteiger partial charge in [-0.15, -0.1) is 0 Å². The average Bonchev–Trinajstić information content (AvgIpc) is 3.16. The molecule has 1 aromatic heterocycles. The van der Waals surface area contributed by atoms with Crippen molar-refractivity contribution >= 4 is 23.2 Å². The third kappa shape index (κ3) is 5.92. The number of anilines is 1. The molecular formula is C23H26ClN3O4. The Hall–Kier alpha value is -3.19. The van der Waals surface area contributed by atoms with Gasteiger partial charge in [0.05, 0.1) is 18.2 Å². The summed E-state index contributed by atoms with van der Waals surface area (Å²) in [6, 6.07) is 12.9. The zero-order chi connectivity index (χ0) is 22.2. The topological polar surface area (TPSA) is 74.6 Å². The van der Waals surface area contributed by atoms with E-state index in [-0.39, 0.29) is 11.6 Å². The molecule has 0 aliphatic heterocycles. The van der Waals surface area contributed by atoms with Gasteiger partial charge in [0.15, 0.2) is 17.2 Å². The van der Waals surface area contributed by atoms with Crippen molar-refractivity contribution in [3.8, 4) is 17.2 Å². The molecule has 7 nitrogen and oxygen atoms in total. The van der Waals surface area contributed by atoms with Gasteiger partial charge in [-0.25, -0.2) is 0 Å². The van der Waals surface area contributed by atoms with Gasteiger partial charge in [-0.1, -0.05) is 17.7 Å². The standard InChI is InChI=1S/C23H26ClN3O4/c1-4-27-14-19(24)22(26-27)23(28)25-17-8-10-18(11-9-17)31-15-16-7-12-20(29-5-2)21(13-16)30-6-3/h7-14H,4-6,15H2,1-3H3,(H,25,28). The predicted molar refractivity (Wildman–Crippen MR) is 120 cm³/mol. The van der Waals surface area contributed by atoms with E-state index >= 15 is 0 Å². The van der Waals surface area contributed by atoms with Crippen LogP contribution in [0.5, 0.6) is 17.2 Å². The minimum Gasteiger partial charge on any atom is -0.490 e. The zero-order valence-corrected chi connectivity index (χ0v) is 18.6. The van der Waals surface area contributed by atoms with E-state index in [4.69, 9.17) is 25.8 Å². The molecule has 8 heteroatoms. The van der Waals surface area contributed by atoms with E-state index < -0.39 is 0 Å². The lowest BCUT2D eigenvalue weighted by Crippen LogP contribution is -2.13. The zero-order valence-electron chi connectivity index (χ0n) is 17.9. The maximum Gasteiger partial charge on any atom is 0.277 e. The van der Waals surface area contributed by atoms with Crippen LogP contribution in [-0.2, 0) is 13.2 Å². The number of rotatable bonds is 10. The number of hydrogen-bond donors (Lipinski definition) is 1. The molecule has 0 spiro atoms. The number of aromatic nitrogens is 2. The summed E-state index contributed by atoms with van der Waals surface area (Å²) in [6.07, 6.45) is 1.63. The number of aryl methyl sites for hydroxylation is 1. The van der Waals surface area contributed by atoms with Crippen LogP contribution < -0.4 is 19.5 Å². The molecule has 1 N–H and O–H groups in total. The summed E-state index contributed by atoms with van der Waals surface area (Å²) in [7, 11) is 0. The number of hydrogen-bond acceptors (Lipinski definition) is 5. The van der Waals surface area contributed by atoms with Crippen molar-refractivity contribution < 1.29 is 19.0 Å². The fourth-order valence-electron chi connectivity index (χ4n) is 2.89. The number of amides is 1. The van der Waals surface area contributed by atoms with Crippen LogP contribution in [0.4, 0.5) is 5.69 Å². The number of nitrogens with zero attached hydrogens (tertiary/aromatic N) is 2. The Morgan fingerprint density at radius 2 is 1.71 bits per heavy atom. The second-order valence-electron chi connectivity index (χ2n) is 6.60. The summed E-state index contributed by atoms with van der Waals surface area (Å²) in [5.74, 6) is 1.74. The van der Waals surface area contributed by atoms with Gasteiger partial charge in [-0.3, -0.25) is 9.48 Å². The van der Waals surface area contributed by atoms with E-state index in [2.05, 4.69) is 10.4 Å². The minimum absolute atomic E-state index is 0.199. The molecule has 2 aromatic carbocycles. The van der Waals surface area contributed by atoms with Gasteiger partial charge in [-0.2, -0.15) is 5.10 Å². The van der Waals surface area contributed by atoms with Crippen LogP contribution in [0.3, 0.4) is 0 Å². The minimum atomic E-state index is -0.358. The van der Waals surface area contributed by atoms with Gasteiger partial charge in [0.1, 0.15) is 12.4 Å². The molecule has 31 heavy (non-hydrogen) atoms. The summed E-state index contributed by atoms with van der Waals surface area (Å²) in [5, 5.41) is 7.28. The quantitative estimate of drug-likeness (QED) is 0.467. The first-order valence-electron chi connectivity index (χ1n) is 10.2. The molecule has 0 aliphatic rings. The molecule has 1 amide bonds. The molecule has 0 aliphatic carbocycles. The van der Waals surface area contributed by atoms with E-state index in [9.17, 15) is 4.79 Å². The van der Waals surface area contributed by atoms with Crippen molar-refractivity contribution in [1.82, 2.24) is 9.78 Å². The molecular weight excluding hydrogens is 418 g/mol. The van der Waals surface area contributed by atoms with Crippen LogP contribution in [0.1, 0.15) is 36.8 Å². The number of ether oxygens (including phenoxy) is 3. The lowest BCUT2D eigenvalue weighted by atomic mass is 10.2. The third-order valence-corrected chi connectivity index (χ3v) is 4.66. The molecule has 0 atom stereocenters. The van der Waals surface area contributed by atoms with Gasteiger partial charge in [0.2, 0.25) is 0 Å². The van der Waals surface area contributed by atoms with E-state index in [1.165, 1.54) is 0 Å². The second kappa shape index (κ2) is 10.7. The first kappa shape index (κ1) is 22.5. The number of benzene rings is 2. The maximum atomic E-state index is 12.4. The molecule has 0 unspecified atom stereocenters. The average molecular weight is 444 g/mol. The van der Waals surface area contributed by atoms with Crippen molar-refractivity contribution in [2.75, 3.05) is 18.5 Å². The Bertz CT molecular complexity index is 1020. The Balaban J connectivity index is 1.60. The van der Waals surface area contributed by atoms with Crippen LogP contribution in [0.15, 0.2) is 48.7 Å². The highest BCUT2D eigenvalue weighted by Gasteiger charge is 2.15. The molecule has 0 radical (unpaired) electrons. The summed E-state index contributed by atoms with van der Waals surface area (Å²) >= 11 is 6.09. The number of carbonyl (C=O) groups excluding carboxylic acids is 1. The Morgan fingerprint density at radius 3 is 2.35 bits per heavy atom. The van der Waals surface area contributed by atoms with Gasteiger partial charge in [0.25, 0.3) is 5.91 Å². The van der Waals surface area contributed by atoms with Gasteiger partial charge in [0, 0.05) is 18.4 Å². The molecule has 1 heterocycles. The van der Waals surface area contributed by atoms with E-state index in [1.807, 2.05) is 39.0 Å². The predicted octanol–water partition coefficient (Wildman–Crippen LogP) is 5.19. The summed E-state index contributed by atoms with van der Waals surface area (Å²) in [5.41, 5.74) is 1.79. The normalized spacial score (nSPS) is 10.6. The number of halogens is 1. The van der Waals surface area contributed by atoms with Crippen molar-refractivity contribution in [3.63, 3.8) is 0 Å². The summed E-state index contributed by atoms with van der Waals surface area (Å²) in [6.45, 7) is 7.94. The molecule has 0 saturated heterocycles. The van der Waals surface area contributed by atoms with E-state index in [0.29, 0.717) is 48.6 Å². The van der Waals surface area contributed by atoms with Crippen LogP contribution >= 0.6 is 11.6 Å². The van der Waals surface area contributed by atoms with Crippen LogP contribution in [0.2, 0.25) is 5.02 Å². The highest BCUT2D eigenvalue weighted by atomic mass is 35.5. The largest absolute Gasteiger partial charge is 0.490 e. The van der Waals surface area contributed by atoms with Crippen LogP contribution in [0, 0.1) is 0 Å². The SMILES string of the molecule is CCOc1ccc(COc2ccc(NC(=O)c3nn(CC)cc3Cl)cc2)cc1OCC. The van der Waals surface area contributed by atoms with Crippen molar-refractivity contribution in [2.24, 2.45) is 0 Å². The van der Waals surface area contributed by atoms with Gasteiger partial charge in [-0.05, 0) is 62.7 Å². The lowest BCUT2D eigenvalue weighted by molar-refractivity contribution is 0.102. The molecule has 3 rings (SSSR count). The van der Waals surface area contributed by atoms with E-state index in [1.54, 1.807) is 35.1 Å². The summed E-state index contributed by atoms with van der Waals surface area (Å²) < 4.78 is 18.7. The lowest BCUT2D eigenvalue weighted by Gasteiger charge is -2.13. The first-order valence-corrected chi connectivity index (χ1v) is 10.6. The first-order chi connectivity index (χ1) is 15.0. The molecule has 0 bridgehead atoms. The molecule has 0 fully saturated rings. The van der Waals surface area contributed by atoms with E-state index in [0.717, 1.165) is 11.3 Å². The van der Waals surface area contributed by atoms with Crippen LogP contribution in [0.25, 0.3) is 0 Å². The maximum absolute atomic E-state index is 12.4. The summed E-state index contributed by atoms with van der Waals surface area (Å²) in [4.78, 5) is 12.4. The fourth-order valence-corrected chi connectivity index (χ4v) is 3.13. The highest BCUT2D eigenvalue weighted by molar-refractivity contribution is 6.34. The second-order valence-corrected chi connectivity index (χ2v) is 7.00.